The molecule has 4 heteroatoms. The maximum absolute atomic E-state index is 12.1. The number of benzene rings is 1. The number of thioether (sulfide) groups is 1. The van der Waals surface area contributed by atoms with Gasteiger partial charge in [-0.15, -0.1) is 0 Å². The molecule has 2 rings (SSSR count). The van der Waals surface area contributed by atoms with E-state index >= 15 is 0 Å². The summed E-state index contributed by atoms with van der Waals surface area (Å²) in [5.41, 5.74) is 4.77. The SMILES string of the molecule is CN=C1S/C(=C/c2c(C)cc(C)cc2C)C(=O)N1C. The Morgan fingerprint density at radius 2 is 1.79 bits per heavy atom. The molecule has 0 spiro atoms. The van der Waals surface area contributed by atoms with Gasteiger partial charge in [-0.25, -0.2) is 0 Å². The topological polar surface area (TPSA) is 32.7 Å². The van der Waals surface area contributed by atoms with Crippen molar-refractivity contribution >= 4 is 28.9 Å². The molecule has 0 radical (unpaired) electrons. The summed E-state index contributed by atoms with van der Waals surface area (Å²) in [7, 11) is 3.46. The first kappa shape index (κ1) is 13.9. The van der Waals surface area contributed by atoms with Crippen LogP contribution in [0.2, 0.25) is 0 Å². The van der Waals surface area contributed by atoms with Crippen LogP contribution in [0.15, 0.2) is 22.0 Å². The van der Waals surface area contributed by atoms with Crippen LogP contribution >= 0.6 is 11.8 Å². The Morgan fingerprint density at radius 3 is 2.26 bits per heavy atom. The summed E-state index contributed by atoms with van der Waals surface area (Å²) in [5, 5.41) is 0.749. The van der Waals surface area contributed by atoms with Crippen molar-refractivity contribution in [2.45, 2.75) is 20.8 Å². The minimum Gasteiger partial charge on any atom is -0.290 e. The van der Waals surface area contributed by atoms with Crippen molar-refractivity contribution in [1.82, 2.24) is 4.90 Å². The van der Waals surface area contributed by atoms with E-state index in [-0.39, 0.29) is 5.91 Å². The fourth-order valence-corrected chi connectivity index (χ4v) is 3.21. The molecule has 1 aromatic carbocycles. The molecule has 0 atom stereocenters. The highest BCUT2D eigenvalue weighted by atomic mass is 32.2. The summed E-state index contributed by atoms with van der Waals surface area (Å²) < 4.78 is 0. The Bertz CT molecular complexity index is 579. The molecular weight excluding hydrogens is 256 g/mol. The molecular formula is C15H18N2OS. The van der Waals surface area contributed by atoms with Gasteiger partial charge in [0.2, 0.25) is 0 Å². The smallest absolute Gasteiger partial charge is 0.266 e. The van der Waals surface area contributed by atoms with Gasteiger partial charge in [-0.2, -0.15) is 0 Å². The average molecular weight is 274 g/mol. The van der Waals surface area contributed by atoms with Gasteiger partial charge in [-0.05, 0) is 55.3 Å². The zero-order valence-electron chi connectivity index (χ0n) is 11.9. The molecule has 0 saturated carbocycles. The highest BCUT2D eigenvalue weighted by Crippen LogP contribution is 2.32. The lowest BCUT2D eigenvalue weighted by atomic mass is 9.99. The highest BCUT2D eigenvalue weighted by molar-refractivity contribution is 8.18. The Morgan fingerprint density at radius 1 is 1.21 bits per heavy atom. The first-order valence-corrected chi connectivity index (χ1v) is 6.98. The number of carbonyl (C=O) groups is 1. The van der Waals surface area contributed by atoms with Crippen LogP contribution in [0.25, 0.3) is 6.08 Å². The zero-order chi connectivity index (χ0) is 14.2. The van der Waals surface area contributed by atoms with Crippen molar-refractivity contribution < 1.29 is 4.79 Å². The first-order valence-electron chi connectivity index (χ1n) is 6.16. The van der Waals surface area contributed by atoms with Gasteiger partial charge in [-0.1, -0.05) is 17.7 Å². The molecule has 1 fully saturated rings. The van der Waals surface area contributed by atoms with Crippen molar-refractivity contribution in [3.8, 4) is 0 Å². The van der Waals surface area contributed by atoms with E-state index in [0.717, 1.165) is 15.6 Å². The Kier molecular flexibility index (Phi) is 3.80. The highest BCUT2D eigenvalue weighted by Gasteiger charge is 2.29. The van der Waals surface area contributed by atoms with Gasteiger partial charge in [0.15, 0.2) is 5.17 Å². The van der Waals surface area contributed by atoms with Gasteiger partial charge in [0.05, 0.1) is 4.91 Å². The fourth-order valence-electron chi connectivity index (χ4n) is 2.30. The molecule has 19 heavy (non-hydrogen) atoms. The van der Waals surface area contributed by atoms with Gasteiger partial charge >= 0.3 is 0 Å². The molecule has 1 heterocycles. The van der Waals surface area contributed by atoms with Crippen molar-refractivity contribution in [3.05, 3.63) is 39.3 Å². The van der Waals surface area contributed by atoms with E-state index in [2.05, 4.69) is 37.9 Å². The number of amides is 1. The molecule has 1 amide bonds. The van der Waals surface area contributed by atoms with E-state index in [1.807, 2.05) is 6.08 Å². The van der Waals surface area contributed by atoms with Gasteiger partial charge in [0.25, 0.3) is 5.91 Å². The molecule has 0 N–H and O–H groups in total. The summed E-state index contributed by atoms with van der Waals surface area (Å²) in [6, 6.07) is 4.28. The normalized spacial score (nSPS) is 19.8. The molecule has 0 aliphatic carbocycles. The van der Waals surface area contributed by atoms with E-state index in [1.165, 1.54) is 28.5 Å². The third-order valence-corrected chi connectivity index (χ3v) is 4.36. The molecule has 100 valence electrons. The summed E-state index contributed by atoms with van der Waals surface area (Å²) in [5.74, 6) is 0.0185. The standard InChI is InChI=1S/C15H18N2OS/c1-9-6-10(2)12(11(3)7-9)8-13-14(18)17(5)15(16-4)19-13/h6-8H,1-5H3/b13-8+,16-15?. The van der Waals surface area contributed by atoms with Crippen LogP contribution in [-0.4, -0.2) is 30.1 Å². The summed E-state index contributed by atoms with van der Waals surface area (Å²) in [6.45, 7) is 6.24. The quantitative estimate of drug-likeness (QED) is 0.737. The predicted octanol–water partition coefficient (Wildman–Crippen LogP) is 3.14. The van der Waals surface area contributed by atoms with Gasteiger partial charge < -0.3 is 0 Å². The van der Waals surface area contributed by atoms with Crippen molar-refractivity contribution in [3.63, 3.8) is 0 Å². The number of amidine groups is 1. The number of aryl methyl sites for hydroxylation is 3. The van der Waals surface area contributed by atoms with E-state index in [9.17, 15) is 4.79 Å². The van der Waals surface area contributed by atoms with Crippen molar-refractivity contribution in [2.75, 3.05) is 14.1 Å². The third-order valence-electron chi connectivity index (χ3n) is 3.21. The third kappa shape index (κ3) is 2.59. The Labute approximate surface area is 118 Å². The minimum absolute atomic E-state index is 0.0185. The van der Waals surface area contributed by atoms with Gasteiger partial charge in [0, 0.05) is 14.1 Å². The molecule has 1 aliphatic heterocycles. The maximum atomic E-state index is 12.1. The van der Waals surface area contributed by atoms with Crippen LogP contribution in [0, 0.1) is 20.8 Å². The number of hydrogen-bond acceptors (Lipinski definition) is 3. The van der Waals surface area contributed by atoms with Crippen molar-refractivity contribution in [1.29, 1.82) is 0 Å². The van der Waals surface area contributed by atoms with E-state index in [1.54, 1.807) is 19.0 Å². The fraction of sp³-hybridized carbons (Fsp3) is 0.333. The summed E-state index contributed by atoms with van der Waals surface area (Å²) in [4.78, 5) is 18.6. The van der Waals surface area contributed by atoms with E-state index in [0.29, 0.717) is 0 Å². The summed E-state index contributed by atoms with van der Waals surface area (Å²) >= 11 is 1.43. The molecule has 1 aromatic rings. The molecule has 1 aliphatic rings. The number of likely N-dealkylation sites (N-methyl/N-ethyl adjacent to an activating group) is 1. The van der Waals surface area contributed by atoms with Crippen LogP contribution in [0.3, 0.4) is 0 Å². The van der Waals surface area contributed by atoms with Gasteiger partial charge in [0.1, 0.15) is 0 Å². The maximum Gasteiger partial charge on any atom is 0.266 e. The number of rotatable bonds is 1. The second-order valence-corrected chi connectivity index (χ2v) is 5.80. The largest absolute Gasteiger partial charge is 0.290 e. The van der Waals surface area contributed by atoms with Crippen LogP contribution in [0.5, 0.6) is 0 Å². The van der Waals surface area contributed by atoms with E-state index in [4.69, 9.17) is 0 Å². The van der Waals surface area contributed by atoms with Crippen molar-refractivity contribution in [2.24, 2.45) is 4.99 Å². The van der Waals surface area contributed by atoms with Gasteiger partial charge in [-0.3, -0.25) is 14.7 Å². The second kappa shape index (κ2) is 5.21. The molecule has 0 aromatic heterocycles. The zero-order valence-corrected chi connectivity index (χ0v) is 12.8. The summed E-state index contributed by atoms with van der Waals surface area (Å²) in [6.07, 6.45) is 1.98. The Hall–Kier alpha value is -1.55. The van der Waals surface area contributed by atoms with Crippen LogP contribution in [0.1, 0.15) is 22.3 Å². The van der Waals surface area contributed by atoms with Crippen LogP contribution < -0.4 is 0 Å². The predicted molar refractivity (Wildman–Crippen MR) is 82.4 cm³/mol. The van der Waals surface area contributed by atoms with Crippen LogP contribution in [0.4, 0.5) is 0 Å². The first-order chi connectivity index (χ1) is 8.93. The van der Waals surface area contributed by atoms with E-state index < -0.39 is 0 Å². The number of carbonyl (C=O) groups excluding carboxylic acids is 1. The van der Waals surface area contributed by atoms with Crippen LogP contribution in [-0.2, 0) is 4.79 Å². The lowest BCUT2D eigenvalue weighted by Gasteiger charge is -2.08. The number of aliphatic imine (C=N–C) groups is 1. The minimum atomic E-state index is 0.0185. The number of nitrogens with zero attached hydrogens (tertiary/aromatic N) is 2. The Balaban J connectivity index is 2.46. The molecule has 0 bridgehead atoms. The lowest BCUT2D eigenvalue weighted by Crippen LogP contribution is -2.23. The second-order valence-electron chi connectivity index (χ2n) is 4.79. The number of hydrogen-bond donors (Lipinski definition) is 0. The average Bonchev–Trinajstić information content (AvgIpc) is 2.61. The molecule has 1 saturated heterocycles. The monoisotopic (exact) mass is 274 g/mol. The lowest BCUT2D eigenvalue weighted by molar-refractivity contribution is -0.121. The molecule has 0 unspecified atom stereocenters. The molecule has 3 nitrogen and oxygen atoms in total.